The van der Waals surface area contributed by atoms with E-state index in [1.807, 2.05) is 48.0 Å². The van der Waals surface area contributed by atoms with Crippen molar-refractivity contribution in [2.75, 3.05) is 17.7 Å². The average Bonchev–Trinajstić information content (AvgIpc) is 2.91. The lowest BCUT2D eigenvalue weighted by atomic mass is 10.2. The molecule has 0 fully saturated rings. The van der Waals surface area contributed by atoms with E-state index in [-0.39, 0.29) is 0 Å². The van der Waals surface area contributed by atoms with Crippen molar-refractivity contribution in [1.82, 2.24) is 9.38 Å². The number of hydrogen-bond donors (Lipinski definition) is 1. The van der Waals surface area contributed by atoms with Crippen LogP contribution >= 0.6 is 11.6 Å². The SMILES string of the molecule is CN(Cc1cc(N)ccc1Cl)c1cccc2nccn12. The number of benzene rings is 1. The fourth-order valence-corrected chi connectivity index (χ4v) is 2.47. The Balaban J connectivity index is 1.95. The number of hydrogen-bond acceptors (Lipinski definition) is 3. The van der Waals surface area contributed by atoms with Gasteiger partial charge in [-0.25, -0.2) is 4.98 Å². The van der Waals surface area contributed by atoms with E-state index in [1.165, 1.54) is 0 Å². The largest absolute Gasteiger partial charge is 0.399 e. The zero-order valence-corrected chi connectivity index (χ0v) is 11.9. The molecule has 4 nitrogen and oxygen atoms in total. The molecule has 0 aliphatic heterocycles. The second-order valence-corrected chi connectivity index (χ2v) is 5.15. The number of fused-ring (bicyclic) bond motifs is 1. The number of halogens is 1. The van der Waals surface area contributed by atoms with Crippen LogP contribution in [-0.4, -0.2) is 16.4 Å². The second-order valence-electron chi connectivity index (χ2n) is 4.75. The van der Waals surface area contributed by atoms with Gasteiger partial charge in [-0.3, -0.25) is 4.40 Å². The molecule has 0 unspecified atom stereocenters. The molecule has 102 valence electrons. The van der Waals surface area contributed by atoms with Gasteiger partial charge in [0, 0.05) is 36.7 Å². The Morgan fingerprint density at radius 3 is 3.00 bits per heavy atom. The number of pyridine rings is 1. The highest BCUT2D eigenvalue weighted by Crippen LogP contribution is 2.23. The molecule has 0 aliphatic rings. The Morgan fingerprint density at radius 2 is 2.15 bits per heavy atom. The van der Waals surface area contributed by atoms with Gasteiger partial charge >= 0.3 is 0 Å². The lowest BCUT2D eigenvalue weighted by Gasteiger charge is -2.21. The number of rotatable bonds is 3. The van der Waals surface area contributed by atoms with Crippen LogP contribution in [0.1, 0.15) is 5.56 Å². The zero-order valence-electron chi connectivity index (χ0n) is 11.1. The zero-order chi connectivity index (χ0) is 14.1. The summed E-state index contributed by atoms with van der Waals surface area (Å²) in [5, 5.41) is 0.726. The first kappa shape index (κ1) is 12.8. The highest BCUT2D eigenvalue weighted by atomic mass is 35.5. The van der Waals surface area contributed by atoms with Crippen LogP contribution in [0, 0.1) is 0 Å². The van der Waals surface area contributed by atoms with Crippen LogP contribution in [0.2, 0.25) is 5.02 Å². The normalized spacial score (nSPS) is 10.9. The van der Waals surface area contributed by atoms with Crippen LogP contribution in [0.15, 0.2) is 48.8 Å². The summed E-state index contributed by atoms with van der Waals surface area (Å²) in [6, 6.07) is 11.6. The van der Waals surface area contributed by atoms with Crippen molar-refractivity contribution in [3.8, 4) is 0 Å². The van der Waals surface area contributed by atoms with Crippen LogP contribution < -0.4 is 10.6 Å². The van der Waals surface area contributed by atoms with E-state index in [4.69, 9.17) is 17.3 Å². The summed E-state index contributed by atoms with van der Waals surface area (Å²) in [4.78, 5) is 6.41. The van der Waals surface area contributed by atoms with Crippen LogP contribution in [0.5, 0.6) is 0 Å². The van der Waals surface area contributed by atoms with Gasteiger partial charge in [0.15, 0.2) is 0 Å². The van der Waals surface area contributed by atoms with Gasteiger partial charge in [-0.15, -0.1) is 0 Å². The molecule has 2 heterocycles. The van der Waals surface area contributed by atoms with Crippen LogP contribution in [0.4, 0.5) is 11.5 Å². The molecule has 0 radical (unpaired) electrons. The molecule has 1 aromatic carbocycles. The van der Waals surface area contributed by atoms with Gasteiger partial charge in [0.1, 0.15) is 11.5 Å². The van der Waals surface area contributed by atoms with E-state index >= 15 is 0 Å². The Labute approximate surface area is 122 Å². The number of aromatic nitrogens is 2. The molecule has 2 aromatic heterocycles. The molecule has 0 bridgehead atoms. The fraction of sp³-hybridized carbons (Fsp3) is 0.133. The lowest BCUT2D eigenvalue weighted by Crippen LogP contribution is -2.19. The number of anilines is 2. The Morgan fingerprint density at radius 1 is 1.30 bits per heavy atom. The molecule has 0 atom stereocenters. The minimum absolute atomic E-state index is 0.682. The highest BCUT2D eigenvalue weighted by molar-refractivity contribution is 6.31. The van der Waals surface area contributed by atoms with E-state index in [1.54, 1.807) is 6.20 Å². The lowest BCUT2D eigenvalue weighted by molar-refractivity contribution is 0.884. The summed E-state index contributed by atoms with van der Waals surface area (Å²) in [5.74, 6) is 1.05. The van der Waals surface area contributed by atoms with E-state index in [0.717, 1.165) is 27.7 Å². The Kier molecular flexibility index (Phi) is 3.24. The van der Waals surface area contributed by atoms with Crippen molar-refractivity contribution in [2.45, 2.75) is 6.54 Å². The van der Waals surface area contributed by atoms with Gasteiger partial charge < -0.3 is 10.6 Å². The third-order valence-corrected chi connectivity index (χ3v) is 3.64. The molecule has 3 aromatic rings. The van der Waals surface area contributed by atoms with Crippen molar-refractivity contribution in [1.29, 1.82) is 0 Å². The predicted octanol–water partition coefficient (Wildman–Crippen LogP) is 3.21. The summed E-state index contributed by atoms with van der Waals surface area (Å²) >= 11 is 6.22. The molecule has 3 rings (SSSR count). The first-order valence-corrected chi connectivity index (χ1v) is 6.70. The predicted molar refractivity (Wildman–Crippen MR) is 83.2 cm³/mol. The minimum atomic E-state index is 0.682. The van der Waals surface area contributed by atoms with E-state index in [2.05, 4.69) is 16.0 Å². The van der Waals surface area contributed by atoms with Crippen molar-refractivity contribution >= 4 is 28.8 Å². The second kappa shape index (κ2) is 5.06. The van der Waals surface area contributed by atoms with Gasteiger partial charge in [0.05, 0.1) is 0 Å². The first-order chi connectivity index (χ1) is 9.65. The van der Waals surface area contributed by atoms with Crippen LogP contribution in [0.3, 0.4) is 0 Å². The minimum Gasteiger partial charge on any atom is -0.399 e. The molecule has 5 heteroatoms. The van der Waals surface area contributed by atoms with Crippen molar-refractivity contribution < 1.29 is 0 Å². The third kappa shape index (κ3) is 2.30. The smallest absolute Gasteiger partial charge is 0.138 e. The Bertz CT molecular complexity index is 750. The van der Waals surface area contributed by atoms with Gasteiger partial charge in [-0.2, -0.15) is 0 Å². The monoisotopic (exact) mass is 286 g/mol. The molecule has 0 aliphatic carbocycles. The molecule has 0 amide bonds. The maximum absolute atomic E-state index is 6.22. The average molecular weight is 287 g/mol. The molecule has 0 saturated carbocycles. The quantitative estimate of drug-likeness (QED) is 0.752. The fourth-order valence-electron chi connectivity index (χ4n) is 2.30. The number of nitrogen functional groups attached to an aromatic ring is 1. The van der Waals surface area contributed by atoms with Crippen LogP contribution in [0.25, 0.3) is 5.65 Å². The van der Waals surface area contributed by atoms with Gasteiger partial charge in [0.25, 0.3) is 0 Å². The number of nitrogens with two attached hydrogens (primary N) is 1. The molecular formula is C15H15ClN4. The van der Waals surface area contributed by atoms with Crippen molar-refractivity contribution in [3.05, 3.63) is 59.4 Å². The van der Waals surface area contributed by atoms with Gasteiger partial charge in [-0.1, -0.05) is 17.7 Å². The van der Waals surface area contributed by atoms with Gasteiger partial charge in [-0.05, 0) is 35.9 Å². The first-order valence-electron chi connectivity index (χ1n) is 6.32. The highest BCUT2D eigenvalue weighted by Gasteiger charge is 2.09. The molecular weight excluding hydrogens is 272 g/mol. The number of imidazole rings is 1. The summed E-state index contributed by atoms with van der Waals surface area (Å²) in [5.41, 5.74) is 8.47. The summed E-state index contributed by atoms with van der Waals surface area (Å²) < 4.78 is 2.04. The van der Waals surface area contributed by atoms with Crippen LogP contribution in [-0.2, 0) is 6.54 Å². The maximum Gasteiger partial charge on any atom is 0.138 e. The Hall–Kier alpha value is -2.20. The van der Waals surface area contributed by atoms with Crippen molar-refractivity contribution in [3.63, 3.8) is 0 Å². The standard InChI is InChI=1S/C15H15ClN4/c1-19(10-11-9-12(17)5-6-13(11)16)15-4-2-3-14-18-7-8-20(14)15/h2-9H,10,17H2,1H3. The van der Waals surface area contributed by atoms with E-state index in [0.29, 0.717) is 6.54 Å². The molecule has 20 heavy (non-hydrogen) atoms. The van der Waals surface area contributed by atoms with Crippen molar-refractivity contribution in [2.24, 2.45) is 0 Å². The summed E-state index contributed by atoms with van der Waals surface area (Å²) in [6.07, 6.45) is 3.74. The van der Waals surface area contributed by atoms with Gasteiger partial charge in [0.2, 0.25) is 0 Å². The summed E-state index contributed by atoms with van der Waals surface area (Å²) in [7, 11) is 2.02. The van der Waals surface area contributed by atoms with E-state index in [9.17, 15) is 0 Å². The topological polar surface area (TPSA) is 46.6 Å². The number of nitrogens with zero attached hydrogens (tertiary/aromatic N) is 3. The van der Waals surface area contributed by atoms with E-state index < -0.39 is 0 Å². The maximum atomic E-state index is 6.22. The summed E-state index contributed by atoms with van der Waals surface area (Å²) in [6.45, 7) is 0.682. The third-order valence-electron chi connectivity index (χ3n) is 3.28. The molecule has 0 spiro atoms. The molecule has 2 N–H and O–H groups in total. The molecule has 0 saturated heterocycles.